The number of nitrogens with one attached hydrogen (secondary N) is 1. The van der Waals surface area contributed by atoms with Crippen molar-refractivity contribution in [2.24, 2.45) is 11.8 Å². The highest BCUT2D eigenvalue weighted by Crippen LogP contribution is 2.61. The zero-order valence-corrected chi connectivity index (χ0v) is 20.9. The smallest absolute Gasteiger partial charge is 0.329 e. The van der Waals surface area contributed by atoms with Gasteiger partial charge in [-0.15, -0.1) is 0 Å². The van der Waals surface area contributed by atoms with Gasteiger partial charge in [0.05, 0.1) is 18.9 Å². The molecule has 0 unspecified atom stereocenters. The number of likely N-dealkylation sites (tertiary alicyclic amines) is 1. The highest BCUT2D eigenvalue weighted by atomic mass is 16.5. The van der Waals surface area contributed by atoms with E-state index < -0.39 is 36.4 Å². The molecule has 0 spiro atoms. The first kappa shape index (κ1) is 23.9. The van der Waals surface area contributed by atoms with Gasteiger partial charge in [-0.25, -0.2) is 4.79 Å². The zero-order chi connectivity index (χ0) is 26.6. The van der Waals surface area contributed by atoms with Crippen LogP contribution >= 0.6 is 0 Å². The van der Waals surface area contributed by atoms with E-state index in [0.717, 1.165) is 27.2 Å². The molecule has 0 radical (unpaired) electrons. The minimum absolute atomic E-state index is 0.254. The number of rotatable bonds is 6. The van der Waals surface area contributed by atoms with Gasteiger partial charge in [0.1, 0.15) is 11.8 Å². The zero-order valence-electron chi connectivity index (χ0n) is 20.9. The van der Waals surface area contributed by atoms with Gasteiger partial charge >= 0.3 is 5.97 Å². The van der Waals surface area contributed by atoms with Crippen molar-refractivity contribution in [2.75, 3.05) is 19.0 Å². The molecule has 3 aromatic rings. The van der Waals surface area contributed by atoms with Crippen LogP contribution in [0, 0.1) is 11.8 Å². The first-order valence-corrected chi connectivity index (χ1v) is 12.6. The number of ether oxygens (including phenoxy) is 2. The number of hydrogen-bond donors (Lipinski definition) is 1. The topological polar surface area (TPSA) is 102 Å². The van der Waals surface area contributed by atoms with Gasteiger partial charge in [0.25, 0.3) is 5.91 Å². The highest BCUT2D eigenvalue weighted by Gasteiger charge is 2.62. The lowest BCUT2D eigenvalue weighted by Gasteiger charge is -2.45. The van der Waals surface area contributed by atoms with Crippen LogP contribution in [-0.4, -0.2) is 48.3 Å². The summed E-state index contributed by atoms with van der Waals surface area (Å²) in [4.78, 5) is 53.8. The quantitative estimate of drug-likeness (QED) is 0.403. The van der Waals surface area contributed by atoms with Crippen LogP contribution in [0.3, 0.4) is 0 Å². The van der Waals surface area contributed by atoms with Crippen molar-refractivity contribution in [3.05, 3.63) is 95.1 Å². The van der Waals surface area contributed by atoms with Crippen LogP contribution in [0.15, 0.2) is 72.8 Å². The van der Waals surface area contributed by atoms with Crippen LogP contribution in [0.2, 0.25) is 0 Å². The lowest BCUT2D eigenvalue weighted by Crippen LogP contribution is -2.45. The van der Waals surface area contributed by atoms with E-state index in [9.17, 15) is 19.2 Å². The Hall–Kier alpha value is -4.46. The molecule has 1 aliphatic heterocycles. The average molecular weight is 511 g/mol. The van der Waals surface area contributed by atoms with Crippen LogP contribution in [0.1, 0.15) is 41.0 Å². The van der Waals surface area contributed by atoms with Crippen LogP contribution in [0.25, 0.3) is 0 Å². The summed E-state index contributed by atoms with van der Waals surface area (Å²) in [6.07, 6.45) is 0. The second kappa shape index (κ2) is 9.13. The molecule has 8 nitrogen and oxygen atoms in total. The van der Waals surface area contributed by atoms with Gasteiger partial charge in [0, 0.05) is 23.6 Å². The summed E-state index contributed by atoms with van der Waals surface area (Å²) in [7, 11) is 1.52. The summed E-state index contributed by atoms with van der Waals surface area (Å²) in [6.45, 7) is 0.920. The predicted molar refractivity (Wildman–Crippen MR) is 137 cm³/mol. The molecule has 3 aliphatic carbocycles. The normalized spacial score (nSPS) is 23.3. The van der Waals surface area contributed by atoms with Crippen molar-refractivity contribution >= 4 is 29.4 Å². The molecule has 2 bridgehead atoms. The Morgan fingerprint density at radius 2 is 1.37 bits per heavy atom. The molecule has 1 fully saturated rings. The third-order valence-electron chi connectivity index (χ3n) is 7.91. The molecule has 1 N–H and O–H groups in total. The Morgan fingerprint density at radius 3 is 1.87 bits per heavy atom. The largest absolute Gasteiger partial charge is 0.497 e. The molecule has 38 heavy (non-hydrogen) atoms. The van der Waals surface area contributed by atoms with Crippen molar-refractivity contribution in [3.8, 4) is 5.75 Å². The summed E-state index contributed by atoms with van der Waals surface area (Å²) in [5.41, 5.74) is 4.73. The Morgan fingerprint density at radius 1 is 0.842 bits per heavy atom. The highest BCUT2D eigenvalue weighted by molar-refractivity contribution is 6.10. The van der Waals surface area contributed by atoms with Gasteiger partial charge in [-0.05, 0) is 41.3 Å². The van der Waals surface area contributed by atoms with Gasteiger partial charge in [0.2, 0.25) is 11.8 Å². The minimum atomic E-state index is -1.16. The molecule has 192 valence electrons. The van der Waals surface area contributed by atoms with Crippen molar-refractivity contribution in [2.45, 2.75) is 24.8 Å². The third-order valence-corrected chi connectivity index (χ3v) is 7.91. The lowest BCUT2D eigenvalue weighted by atomic mass is 9.55. The fourth-order valence-corrected chi connectivity index (χ4v) is 6.34. The van der Waals surface area contributed by atoms with E-state index in [4.69, 9.17) is 9.47 Å². The van der Waals surface area contributed by atoms with E-state index >= 15 is 0 Å². The number of carbonyl (C=O) groups excluding carboxylic acids is 4. The standard InChI is InChI=1S/C30H26N2O6/c1-16(30(36)38-15-23(33)31-17-8-7-9-18(14-17)37-2)32-28(34)26-24-19-10-3-4-11-20(19)25(27(26)29(32)35)22-13-6-5-12-21(22)24/h3-14,16,24-27H,15H2,1-2H3,(H,31,33)/t16-,24?,25?,26-,27+/m0/s1. The Kier molecular flexibility index (Phi) is 5.75. The molecule has 3 amide bonds. The predicted octanol–water partition coefficient (Wildman–Crippen LogP) is 3.46. The Balaban J connectivity index is 1.20. The summed E-state index contributed by atoms with van der Waals surface area (Å²) in [5.74, 6) is -3.20. The molecule has 3 aromatic carbocycles. The molecule has 8 heteroatoms. The summed E-state index contributed by atoms with van der Waals surface area (Å²) >= 11 is 0. The van der Waals surface area contributed by atoms with Crippen LogP contribution in [0.4, 0.5) is 5.69 Å². The first-order valence-electron chi connectivity index (χ1n) is 12.6. The fraction of sp³-hybridized carbons (Fsp3) is 0.267. The number of nitrogens with zero attached hydrogens (tertiary/aromatic N) is 1. The summed E-state index contributed by atoms with van der Waals surface area (Å²) in [6, 6.07) is 21.5. The van der Waals surface area contributed by atoms with Crippen molar-refractivity contribution in [1.29, 1.82) is 0 Å². The van der Waals surface area contributed by atoms with E-state index in [0.29, 0.717) is 11.4 Å². The number of carbonyl (C=O) groups is 4. The van der Waals surface area contributed by atoms with Gasteiger partial charge in [-0.2, -0.15) is 0 Å². The Labute approximate surface area is 219 Å². The fourth-order valence-electron chi connectivity index (χ4n) is 6.34. The maximum atomic E-state index is 13.8. The van der Waals surface area contributed by atoms with Gasteiger partial charge in [-0.1, -0.05) is 54.6 Å². The van der Waals surface area contributed by atoms with Crippen molar-refractivity contribution in [3.63, 3.8) is 0 Å². The van der Waals surface area contributed by atoms with Crippen LogP contribution in [0.5, 0.6) is 5.75 Å². The Bertz CT molecular complexity index is 1370. The van der Waals surface area contributed by atoms with E-state index in [-0.39, 0.29) is 23.7 Å². The average Bonchev–Trinajstić information content (AvgIpc) is 3.21. The van der Waals surface area contributed by atoms with Crippen LogP contribution in [-0.2, 0) is 23.9 Å². The van der Waals surface area contributed by atoms with Crippen molar-refractivity contribution in [1.82, 2.24) is 4.90 Å². The lowest BCUT2D eigenvalue weighted by molar-refractivity contribution is -0.159. The van der Waals surface area contributed by atoms with E-state index in [1.807, 2.05) is 48.5 Å². The number of anilines is 1. The molecule has 3 atom stereocenters. The summed E-state index contributed by atoms with van der Waals surface area (Å²) in [5, 5.41) is 2.64. The number of methoxy groups -OCH3 is 1. The molecular formula is C30H26N2O6. The van der Waals surface area contributed by atoms with Crippen LogP contribution < -0.4 is 10.1 Å². The molecule has 1 saturated heterocycles. The SMILES string of the molecule is COc1cccc(NC(=O)COC(=O)[C@H](C)N2C(=O)[C@@H]3C4c5ccccc5C(c5ccccc54)[C@@H]3C2=O)c1. The molecule has 4 aliphatic rings. The number of esters is 1. The van der Waals surface area contributed by atoms with E-state index in [1.165, 1.54) is 14.0 Å². The van der Waals surface area contributed by atoms with Crippen molar-refractivity contribution < 1.29 is 28.7 Å². The molecule has 0 saturated carbocycles. The maximum absolute atomic E-state index is 13.8. The van der Waals surface area contributed by atoms with Gasteiger partial charge < -0.3 is 14.8 Å². The second-order valence-electron chi connectivity index (χ2n) is 9.88. The number of imide groups is 1. The van der Waals surface area contributed by atoms with Gasteiger partial charge in [0.15, 0.2) is 6.61 Å². The maximum Gasteiger partial charge on any atom is 0.329 e. The summed E-state index contributed by atoms with van der Waals surface area (Å²) < 4.78 is 10.4. The minimum Gasteiger partial charge on any atom is -0.497 e. The first-order chi connectivity index (χ1) is 18.4. The van der Waals surface area contributed by atoms with E-state index in [2.05, 4.69) is 5.32 Å². The number of amides is 3. The second-order valence-corrected chi connectivity index (χ2v) is 9.88. The molecule has 1 heterocycles. The monoisotopic (exact) mass is 510 g/mol. The molecule has 7 rings (SSSR count). The third kappa shape index (κ3) is 3.59. The molecular weight excluding hydrogens is 484 g/mol. The number of benzene rings is 3. The number of hydrogen-bond acceptors (Lipinski definition) is 6. The van der Waals surface area contributed by atoms with E-state index in [1.54, 1.807) is 24.3 Å². The van der Waals surface area contributed by atoms with Gasteiger partial charge in [-0.3, -0.25) is 19.3 Å². The molecule has 0 aromatic heterocycles.